The zero-order valence-corrected chi connectivity index (χ0v) is 10.1. The highest BCUT2D eigenvalue weighted by Crippen LogP contribution is 2.17. The van der Waals surface area contributed by atoms with Crippen LogP contribution in [-0.2, 0) is 10.0 Å². The Kier molecular flexibility index (Phi) is 4.03. The van der Waals surface area contributed by atoms with E-state index >= 15 is 0 Å². The van der Waals surface area contributed by atoms with E-state index < -0.39 is 10.0 Å². The third-order valence-corrected chi connectivity index (χ3v) is 3.94. The molecule has 0 atom stereocenters. The van der Waals surface area contributed by atoms with Gasteiger partial charge in [0, 0.05) is 12.7 Å². The Bertz CT molecular complexity index is 406. The quantitative estimate of drug-likeness (QED) is 0.850. The van der Waals surface area contributed by atoms with Gasteiger partial charge in [-0.1, -0.05) is 6.92 Å². The zero-order valence-electron chi connectivity index (χ0n) is 7.70. The molecule has 0 unspecified atom stereocenters. The molecule has 0 aliphatic carbocycles. The zero-order chi connectivity index (χ0) is 10.6. The standard InChI is InChI=1S/C8H11BrN2O2S/c1-2-5-11-14(12,13)7-4-3-6-10-8(7)9/h3-4,6,11H,2,5H2,1H3. The fourth-order valence-electron chi connectivity index (χ4n) is 0.886. The fourth-order valence-corrected chi connectivity index (χ4v) is 2.94. The van der Waals surface area contributed by atoms with Gasteiger partial charge in [0.15, 0.2) is 0 Å². The second-order valence-electron chi connectivity index (χ2n) is 2.69. The van der Waals surface area contributed by atoms with Gasteiger partial charge in [-0.15, -0.1) is 0 Å². The summed E-state index contributed by atoms with van der Waals surface area (Å²) in [5.41, 5.74) is 0. The summed E-state index contributed by atoms with van der Waals surface area (Å²) in [6.07, 6.45) is 2.29. The first kappa shape index (κ1) is 11.6. The van der Waals surface area contributed by atoms with Crippen molar-refractivity contribution in [1.82, 2.24) is 9.71 Å². The molecule has 1 N–H and O–H groups in total. The lowest BCUT2D eigenvalue weighted by Gasteiger charge is -2.05. The normalized spacial score (nSPS) is 11.6. The first-order valence-electron chi connectivity index (χ1n) is 4.18. The van der Waals surface area contributed by atoms with Gasteiger partial charge in [0.1, 0.15) is 9.50 Å². The van der Waals surface area contributed by atoms with Gasteiger partial charge in [0.05, 0.1) is 0 Å². The van der Waals surface area contributed by atoms with E-state index in [9.17, 15) is 8.42 Å². The molecule has 6 heteroatoms. The van der Waals surface area contributed by atoms with Crippen molar-refractivity contribution in [3.8, 4) is 0 Å². The van der Waals surface area contributed by atoms with Gasteiger partial charge in [-0.25, -0.2) is 18.1 Å². The predicted molar refractivity (Wildman–Crippen MR) is 57.4 cm³/mol. The van der Waals surface area contributed by atoms with E-state index in [0.29, 0.717) is 11.1 Å². The smallest absolute Gasteiger partial charge is 0.243 e. The van der Waals surface area contributed by atoms with Crippen molar-refractivity contribution >= 4 is 26.0 Å². The molecule has 14 heavy (non-hydrogen) atoms. The summed E-state index contributed by atoms with van der Waals surface area (Å²) in [5.74, 6) is 0. The molecule has 0 aliphatic heterocycles. The van der Waals surface area contributed by atoms with Crippen LogP contribution in [0, 0.1) is 0 Å². The Labute approximate surface area is 91.9 Å². The summed E-state index contributed by atoms with van der Waals surface area (Å²) in [5, 5.41) is 0. The van der Waals surface area contributed by atoms with E-state index in [0.717, 1.165) is 6.42 Å². The van der Waals surface area contributed by atoms with Crippen molar-refractivity contribution in [2.75, 3.05) is 6.54 Å². The molecule has 0 saturated carbocycles. The Morgan fingerprint density at radius 2 is 2.29 bits per heavy atom. The van der Waals surface area contributed by atoms with Gasteiger partial charge >= 0.3 is 0 Å². The van der Waals surface area contributed by atoms with Crippen molar-refractivity contribution in [2.45, 2.75) is 18.2 Å². The Morgan fingerprint density at radius 3 is 2.86 bits per heavy atom. The topological polar surface area (TPSA) is 59.1 Å². The third kappa shape index (κ3) is 2.76. The van der Waals surface area contributed by atoms with Crippen LogP contribution in [0.25, 0.3) is 0 Å². The highest BCUT2D eigenvalue weighted by molar-refractivity contribution is 9.10. The van der Waals surface area contributed by atoms with Gasteiger partial charge in [-0.3, -0.25) is 0 Å². The number of hydrogen-bond donors (Lipinski definition) is 1. The second kappa shape index (κ2) is 4.86. The van der Waals surface area contributed by atoms with Crippen LogP contribution in [0.5, 0.6) is 0 Å². The predicted octanol–water partition coefficient (Wildman–Crippen LogP) is 1.53. The van der Waals surface area contributed by atoms with Crippen molar-refractivity contribution in [2.24, 2.45) is 0 Å². The maximum atomic E-state index is 11.6. The lowest BCUT2D eigenvalue weighted by Crippen LogP contribution is -2.24. The summed E-state index contributed by atoms with van der Waals surface area (Å²) in [6, 6.07) is 3.10. The van der Waals surface area contributed by atoms with Crippen molar-refractivity contribution in [3.05, 3.63) is 22.9 Å². The van der Waals surface area contributed by atoms with Crippen molar-refractivity contribution in [1.29, 1.82) is 0 Å². The van der Waals surface area contributed by atoms with E-state index in [2.05, 4.69) is 25.6 Å². The highest BCUT2D eigenvalue weighted by Gasteiger charge is 2.16. The largest absolute Gasteiger partial charge is 0.248 e. The second-order valence-corrected chi connectivity index (χ2v) is 5.18. The van der Waals surface area contributed by atoms with E-state index in [1.165, 1.54) is 12.3 Å². The molecule has 1 aromatic rings. The molecule has 78 valence electrons. The van der Waals surface area contributed by atoms with Crippen LogP contribution in [0.2, 0.25) is 0 Å². The van der Waals surface area contributed by atoms with Crippen LogP contribution in [0.1, 0.15) is 13.3 Å². The molecule has 4 nitrogen and oxygen atoms in total. The van der Waals surface area contributed by atoms with Crippen LogP contribution in [0.3, 0.4) is 0 Å². The monoisotopic (exact) mass is 278 g/mol. The molecule has 1 rings (SSSR count). The minimum atomic E-state index is -3.41. The van der Waals surface area contributed by atoms with Crippen molar-refractivity contribution in [3.63, 3.8) is 0 Å². The number of nitrogens with zero attached hydrogens (tertiary/aromatic N) is 1. The van der Waals surface area contributed by atoms with Crippen LogP contribution < -0.4 is 4.72 Å². The minimum absolute atomic E-state index is 0.174. The first-order chi connectivity index (χ1) is 6.58. The third-order valence-electron chi connectivity index (χ3n) is 1.56. The molecule has 0 spiro atoms. The average Bonchev–Trinajstić information content (AvgIpc) is 2.15. The number of sulfonamides is 1. The van der Waals surface area contributed by atoms with E-state index in [1.54, 1.807) is 6.07 Å². The highest BCUT2D eigenvalue weighted by atomic mass is 79.9. The molecule has 0 bridgehead atoms. The maximum Gasteiger partial charge on any atom is 0.243 e. The summed E-state index contributed by atoms with van der Waals surface area (Å²) in [4.78, 5) is 4.03. The molecule has 0 saturated heterocycles. The molecule has 1 heterocycles. The molecular weight excluding hydrogens is 268 g/mol. The lowest BCUT2D eigenvalue weighted by molar-refractivity contribution is 0.579. The van der Waals surface area contributed by atoms with Crippen LogP contribution >= 0.6 is 15.9 Å². The molecule has 0 aromatic carbocycles. The summed E-state index contributed by atoms with van der Waals surface area (Å²) < 4.78 is 26.1. The molecule has 1 aromatic heterocycles. The van der Waals surface area contributed by atoms with Gasteiger partial charge in [0.25, 0.3) is 0 Å². The average molecular weight is 279 g/mol. The Hall–Kier alpha value is -0.460. The molecule has 0 aliphatic rings. The minimum Gasteiger partial charge on any atom is -0.248 e. The fraction of sp³-hybridized carbons (Fsp3) is 0.375. The number of pyridine rings is 1. The number of hydrogen-bond acceptors (Lipinski definition) is 3. The Balaban J connectivity index is 2.99. The van der Waals surface area contributed by atoms with Gasteiger partial charge < -0.3 is 0 Å². The first-order valence-corrected chi connectivity index (χ1v) is 6.45. The van der Waals surface area contributed by atoms with Gasteiger partial charge in [0.2, 0.25) is 10.0 Å². The number of aromatic nitrogens is 1. The summed E-state index contributed by atoms with van der Waals surface area (Å²) >= 11 is 3.09. The van der Waals surface area contributed by atoms with Gasteiger partial charge in [-0.2, -0.15) is 0 Å². The van der Waals surface area contributed by atoms with Crippen LogP contribution in [0.15, 0.2) is 27.8 Å². The van der Waals surface area contributed by atoms with Crippen molar-refractivity contribution < 1.29 is 8.42 Å². The van der Waals surface area contributed by atoms with E-state index in [4.69, 9.17) is 0 Å². The van der Waals surface area contributed by atoms with Crippen LogP contribution in [0.4, 0.5) is 0 Å². The number of halogens is 1. The number of rotatable bonds is 4. The molecule has 0 fully saturated rings. The lowest BCUT2D eigenvalue weighted by atomic mass is 10.5. The molecule has 0 amide bonds. The summed E-state index contributed by atoms with van der Waals surface area (Å²) in [6.45, 7) is 2.34. The molecule has 0 radical (unpaired) electrons. The summed E-state index contributed by atoms with van der Waals surface area (Å²) in [7, 11) is -3.41. The van der Waals surface area contributed by atoms with Gasteiger partial charge in [-0.05, 0) is 34.5 Å². The SMILES string of the molecule is CCCNS(=O)(=O)c1cccnc1Br. The van der Waals surface area contributed by atoms with E-state index in [-0.39, 0.29) is 4.90 Å². The number of nitrogens with one attached hydrogen (secondary N) is 1. The van der Waals surface area contributed by atoms with Crippen LogP contribution in [-0.4, -0.2) is 19.9 Å². The van der Waals surface area contributed by atoms with E-state index in [1.807, 2.05) is 6.92 Å². The molecular formula is C8H11BrN2O2S. The Morgan fingerprint density at radius 1 is 1.57 bits per heavy atom. The maximum absolute atomic E-state index is 11.6.